The molecule has 27 heavy (non-hydrogen) atoms. The van der Waals surface area contributed by atoms with Crippen LogP contribution in [0.2, 0.25) is 5.02 Å². The SMILES string of the molecule is CCOC(=O)c1cnc(SCc2nc(-c3cccc(Cl)c3)oc2C)nc1N. The minimum atomic E-state index is -0.537. The third-order valence-electron chi connectivity index (χ3n) is 3.59. The number of hydrogen-bond donors (Lipinski definition) is 1. The van der Waals surface area contributed by atoms with Crippen molar-refractivity contribution in [2.75, 3.05) is 12.3 Å². The number of rotatable bonds is 6. The number of thioether (sulfide) groups is 1. The van der Waals surface area contributed by atoms with Crippen molar-refractivity contribution in [2.24, 2.45) is 0 Å². The lowest BCUT2D eigenvalue weighted by Gasteiger charge is -2.05. The van der Waals surface area contributed by atoms with Gasteiger partial charge < -0.3 is 14.9 Å². The number of benzene rings is 1. The van der Waals surface area contributed by atoms with Crippen LogP contribution in [-0.4, -0.2) is 27.5 Å². The third-order valence-corrected chi connectivity index (χ3v) is 4.70. The standard InChI is InChI=1S/C18H17ClN4O3S/c1-3-25-17(24)13-8-21-18(23-15(13)20)27-9-14-10(2)26-16(22-14)11-5-4-6-12(19)7-11/h4-8H,3,9H2,1-2H3,(H2,20,21,23). The number of nitrogens with two attached hydrogens (primary N) is 1. The number of anilines is 1. The molecule has 3 rings (SSSR count). The fourth-order valence-corrected chi connectivity index (χ4v) is 3.27. The van der Waals surface area contributed by atoms with Gasteiger partial charge in [0.1, 0.15) is 17.1 Å². The average Bonchev–Trinajstić information content (AvgIpc) is 3.01. The largest absolute Gasteiger partial charge is 0.462 e. The third kappa shape index (κ3) is 4.58. The summed E-state index contributed by atoms with van der Waals surface area (Å²) in [6.07, 6.45) is 1.37. The molecule has 2 aromatic heterocycles. The van der Waals surface area contributed by atoms with Gasteiger partial charge in [0.25, 0.3) is 0 Å². The molecule has 0 spiro atoms. The number of esters is 1. The highest BCUT2D eigenvalue weighted by Crippen LogP contribution is 2.28. The molecule has 3 aromatic rings. The van der Waals surface area contributed by atoms with Gasteiger partial charge in [-0.1, -0.05) is 29.4 Å². The zero-order valence-electron chi connectivity index (χ0n) is 14.7. The Bertz CT molecular complexity index is 977. The Morgan fingerprint density at radius 1 is 1.37 bits per heavy atom. The molecule has 0 aliphatic rings. The van der Waals surface area contributed by atoms with Crippen LogP contribution in [0.25, 0.3) is 11.5 Å². The van der Waals surface area contributed by atoms with Crippen molar-refractivity contribution < 1.29 is 13.9 Å². The van der Waals surface area contributed by atoms with Crippen LogP contribution in [0.4, 0.5) is 5.82 Å². The Morgan fingerprint density at radius 3 is 2.89 bits per heavy atom. The molecular weight excluding hydrogens is 388 g/mol. The quantitative estimate of drug-likeness (QED) is 0.371. The van der Waals surface area contributed by atoms with Crippen molar-refractivity contribution in [1.29, 1.82) is 0 Å². The normalized spacial score (nSPS) is 10.8. The summed E-state index contributed by atoms with van der Waals surface area (Å²) in [5.74, 6) is 1.25. The van der Waals surface area contributed by atoms with E-state index in [1.54, 1.807) is 19.1 Å². The monoisotopic (exact) mass is 404 g/mol. The molecule has 0 aliphatic heterocycles. The highest BCUT2D eigenvalue weighted by molar-refractivity contribution is 7.98. The molecule has 2 N–H and O–H groups in total. The zero-order valence-corrected chi connectivity index (χ0v) is 16.3. The number of aromatic nitrogens is 3. The van der Waals surface area contributed by atoms with E-state index < -0.39 is 5.97 Å². The summed E-state index contributed by atoms with van der Waals surface area (Å²) in [6.45, 7) is 3.82. The Balaban J connectivity index is 1.72. The molecule has 0 atom stereocenters. The highest BCUT2D eigenvalue weighted by Gasteiger charge is 2.16. The minimum absolute atomic E-state index is 0.0856. The summed E-state index contributed by atoms with van der Waals surface area (Å²) in [7, 11) is 0. The van der Waals surface area contributed by atoms with E-state index in [4.69, 9.17) is 26.5 Å². The maximum absolute atomic E-state index is 11.7. The highest BCUT2D eigenvalue weighted by atomic mass is 35.5. The minimum Gasteiger partial charge on any atom is -0.462 e. The first-order valence-corrected chi connectivity index (χ1v) is 9.49. The molecule has 1 aromatic carbocycles. The molecule has 0 radical (unpaired) electrons. The lowest BCUT2D eigenvalue weighted by Crippen LogP contribution is -2.10. The van der Waals surface area contributed by atoms with Gasteiger partial charge in [-0.05, 0) is 32.0 Å². The van der Waals surface area contributed by atoms with Crippen LogP contribution in [-0.2, 0) is 10.5 Å². The van der Waals surface area contributed by atoms with Crippen LogP contribution in [0.15, 0.2) is 40.0 Å². The molecule has 2 heterocycles. The van der Waals surface area contributed by atoms with Crippen molar-refractivity contribution in [1.82, 2.24) is 15.0 Å². The molecule has 140 valence electrons. The number of carbonyl (C=O) groups excluding carboxylic acids is 1. The topological polar surface area (TPSA) is 104 Å². The summed E-state index contributed by atoms with van der Waals surface area (Å²) in [5, 5.41) is 1.05. The lowest BCUT2D eigenvalue weighted by atomic mass is 10.2. The van der Waals surface area contributed by atoms with Gasteiger partial charge in [-0.2, -0.15) is 0 Å². The average molecular weight is 405 g/mol. The fraction of sp³-hybridized carbons (Fsp3) is 0.222. The van der Waals surface area contributed by atoms with Gasteiger partial charge in [0.15, 0.2) is 5.16 Å². The van der Waals surface area contributed by atoms with E-state index in [9.17, 15) is 4.79 Å². The van der Waals surface area contributed by atoms with Crippen LogP contribution in [0, 0.1) is 6.92 Å². The van der Waals surface area contributed by atoms with Crippen molar-refractivity contribution in [2.45, 2.75) is 24.8 Å². The summed E-state index contributed by atoms with van der Waals surface area (Å²) in [4.78, 5) is 24.6. The second-order valence-corrected chi connectivity index (χ2v) is 6.87. The fourth-order valence-electron chi connectivity index (χ4n) is 2.25. The van der Waals surface area contributed by atoms with E-state index in [0.717, 1.165) is 11.3 Å². The number of nitrogens with zero attached hydrogens (tertiary/aromatic N) is 3. The van der Waals surface area contributed by atoms with Crippen molar-refractivity contribution >= 4 is 35.1 Å². The van der Waals surface area contributed by atoms with Crippen molar-refractivity contribution in [3.8, 4) is 11.5 Å². The number of halogens is 1. The van der Waals surface area contributed by atoms with Gasteiger partial charge >= 0.3 is 5.97 Å². The molecular formula is C18H17ClN4O3S. The van der Waals surface area contributed by atoms with Crippen LogP contribution >= 0.6 is 23.4 Å². The molecule has 9 heteroatoms. The van der Waals surface area contributed by atoms with E-state index >= 15 is 0 Å². The molecule has 0 aliphatic carbocycles. The summed E-state index contributed by atoms with van der Waals surface area (Å²) in [6, 6.07) is 7.31. The number of oxazole rings is 1. The Kier molecular flexibility index (Phi) is 5.98. The van der Waals surface area contributed by atoms with Crippen molar-refractivity contribution in [3.63, 3.8) is 0 Å². The summed E-state index contributed by atoms with van der Waals surface area (Å²) < 4.78 is 10.6. The summed E-state index contributed by atoms with van der Waals surface area (Å²) >= 11 is 7.36. The first-order valence-electron chi connectivity index (χ1n) is 8.12. The second-order valence-electron chi connectivity index (χ2n) is 5.49. The van der Waals surface area contributed by atoms with E-state index in [1.807, 2.05) is 19.1 Å². The molecule has 0 saturated carbocycles. The van der Waals surface area contributed by atoms with Gasteiger partial charge in [0.2, 0.25) is 5.89 Å². The number of aryl methyl sites for hydroxylation is 1. The number of hydrogen-bond acceptors (Lipinski definition) is 8. The maximum Gasteiger partial charge on any atom is 0.343 e. The Labute approximate surface area is 165 Å². The predicted octanol–water partition coefficient (Wildman–Crippen LogP) is 4.14. The van der Waals surface area contributed by atoms with Gasteiger partial charge in [0.05, 0.1) is 12.3 Å². The molecule has 0 fully saturated rings. The predicted molar refractivity (Wildman–Crippen MR) is 104 cm³/mol. The second kappa shape index (κ2) is 8.41. The Hall–Kier alpha value is -2.58. The van der Waals surface area contributed by atoms with Crippen LogP contribution in [0.3, 0.4) is 0 Å². The van der Waals surface area contributed by atoms with Crippen LogP contribution in [0.1, 0.15) is 28.7 Å². The van der Waals surface area contributed by atoms with E-state index in [1.165, 1.54) is 18.0 Å². The first-order chi connectivity index (χ1) is 13.0. The van der Waals surface area contributed by atoms with Crippen molar-refractivity contribution in [3.05, 3.63) is 52.5 Å². The molecule has 0 unspecified atom stereocenters. The zero-order chi connectivity index (χ0) is 19.4. The molecule has 0 amide bonds. The smallest absolute Gasteiger partial charge is 0.343 e. The van der Waals surface area contributed by atoms with Gasteiger partial charge in [0, 0.05) is 22.5 Å². The van der Waals surface area contributed by atoms with E-state index in [2.05, 4.69) is 15.0 Å². The maximum atomic E-state index is 11.7. The molecule has 0 saturated heterocycles. The number of carbonyl (C=O) groups is 1. The first kappa shape index (κ1) is 19.2. The van der Waals surface area contributed by atoms with Crippen LogP contribution < -0.4 is 5.73 Å². The number of nitrogen functional groups attached to an aromatic ring is 1. The van der Waals surface area contributed by atoms with E-state index in [0.29, 0.717) is 27.6 Å². The van der Waals surface area contributed by atoms with E-state index in [-0.39, 0.29) is 18.0 Å². The van der Waals surface area contributed by atoms with Crippen LogP contribution in [0.5, 0.6) is 0 Å². The number of ether oxygens (including phenoxy) is 1. The van der Waals surface area contributed by atoms with Gasteiger partial charge in [-0.3, -0.25) is 0 Å². The lowest BCUT2D eigenvalue weighted by molar-refractivity contribution is 0.0526. The Morgan fingerprint density at radius 2 is 2.19 bits per heavy atom. The molecule has 7 nitrogen and oxygen atoms in total. The van der Waals surface area contributed by atoms with Gasteiger partial charge in [-0.25, -0.2) is 19.7 Å². The molecule has 0 bridgehead atoms. The summed E-state index contributed by atoms with van der Waals surface area (Å²) in [5.41, 5.74) is 7.57. The van der Waals surface area contributed by atoms with Gasteiger partial charge in [-0.15, -0.1) is 0 Å².